The third kappa shape index (κ3) is 3.13. The molecule has 0 bridgehead atoms. The van der Waals surface area contributed by atoms with Crippen molar-refractivity contribution >= 4 is 16.9 Å². The molecule has 2 heterocycles. The smallest absolute Gasteiger partial charge is 0.262 e. The summed E-state index contributed by atoms with van der Waals surface area (Å²) in [6.07, 6.45) is 2.72. The number of carbonyl (C=O) groups excluding carboxylic acids is 1. The molecule has 23 heavy (non-hydrogen) atoms. The van der Waals surface area contributed by atoms with Crippen LogP contribution in [0, 0.1) is 0 Å². The van der Waals surface area contributed by atoms with Gasteiger partial charge >= 0.3 is 0 Å². The summed E-state index contributed by atoms with van der Waals surface area (Å²) < 4.78 is 1.61. The number of aromatic amines is 1. The number of carbonyl (C=O) groups is 1. The van der Waals surface area contributed by atoms with E-state index in [1.54, 1.807) is 4.68 Å². The van der Waals surface area contributed by atoms with Crippen LogP contribution >= 0.6 is 0 Å². The first-order valence-corrected chi connectivity index (χ1v) is 7.48. The van der Waals surface area contributed by atoms with E-state index in [0.717, 1.165) is 12.1 Å². The lowest BCUT2D eigenvalue weighted by Crippen LogP contribution is -2.25. The Balaban J connectivity index is 1.96. The van der Waals surface area contributed by atoms with Crippen LogP contribution in [0.25, 0.3) is 16.7 Å². The van der Waals surface area contributed by atoms with Gasteiger partial charge in [0.1, 0.15) is 11.2 Å². The van der Waals surface area contributed by atoms with Gasteiger partial charge < -0.3 is 10.3 Å². The fraction of sp³-hybridized carbons (Fsp3) is 0.250. The van der Waals surface area contributed by atoms with Gasteiger partial charge in [-0.1, -0.05) is 25.1 Å². The topological polar surface area (TPSA) is 92.7 Å². The summed E-state index contributed by atoms with van der Waals surface area (Å²) in [6, 6.07) is 9.46. The molecule has 2 N–H and O–H groups in total. The van der Waals surface area contributed by atoms with Gasteiger partial charge in [0.15, 0.2) is 5.65 Å². The van der Waals surface area contributed by atoms with Gasteiger partial charge in [-0.15, -0.1) is 0 Å². The first-order chi connectivity index (χ1) is 11.2. The fourth-order valence-corrected chi connectivity index (χ4v) is 2.30. The molecule has 1 amide bonds. The lowest BCUT2D eigenvalue weighted by molar-refractivity contribution is -0.121. The van der Waals surface area contributed by atoms with Gasteiger partial charge in [-0.25, -0.2) is 9.67 Å². The summed E-state index contributed by atoms with van der Waals surface area (Å²) in [5.41, 5.74) is 1.03. The third-order valence-electron chi connectivity index (χ3n) is 3.42. The molecule has 0 aliphatic heterocycles. The predicted molar refractivity (Wildman–Crippen MR) is 86.2 cm³/mol. The van der Waals surface area contributed by atoms with Crippen molar-refractivity contribution in [1.29, 1.82) is 0 Å². The maximum Gasteiger partial charge on any atom is 0.262 e. The average Bonchev–Trinajstić information content (AvgIpc) is 2.98. The van der Waals surface area contributed by atoms with E-state index in [-0.39, 0.29) is 18.0 Å². The van der Waals surface area contributed by atoms with Gasteiger partial charge in [-0.2, -0.15) is 5.10 Å². The highest BCUT2D eigenvalue weighted by Gasteiger charge is 2.11. The number of aromatic nitrogens is 4. The van der Waals surface area contributed by atoms with E-state index in [2.05, 4.69) is 20.4 Å². The molecule has 0 spiro atoms. The molecule has 0 saturated carbocycles. The first kappa shape index (κ1) is 15.0. The number of rotatable bonds is 5. The van der Waals surface area contributed by atoms with Gasteiger partial charge in [0.2, 0.25) is 5.91 Å². The Morgan fingerprint density at radius 2 is 2.09 bits per heavy atom. The molecule has 0 fully saturated rings. The average molecular weight is 311 g/mol. The number of benzene rings is 1. The molecule has 2 aromatic heterocycles. The summed E-state index contributed by atoms with van der Waals surface area (Å²) in [7, 11) is 0. The monoisotopic (exact) mass is 311 g/mol. The minimum Gasteiger partial charge on any atom is -0.349 e. The minimum absolute atomic E-state index is 0.0631. The molecule has 0 unspecified atom stereocenters. The second-order valence-corrected chi connectivity index (χ2v) is 5.17. The van der Waals surface area contributed by atoms with E-state index < -0.39 is 0 Å². The molecular formula is C16H17N5O2. The van der Waals surface area contributed by atoms with Gasteiger partial charge in [0, 0.05) is 6.42 Å². The molecule has 118 valence electrons. The molecule has 0 atom stereocenters. The Morgan fingerprint density at radius 1 is 1.30 bits per heavy atom. The number of amides is 1. The molecule has 0 aliphatic carbocycles. The van der Waals surface area contributed by atoms with Gasteiger partial charge in [0.05, 0.1) is 18.4 Å². The van der Waals surface area contributed by atoms with Crippen LogP contribution in [0.1, 0.15) is 25.6 Å². The van der Waals surface area contributed by atoms with Crippen LogP contribution in [-0.2, 0) is 11.3 Å². The maximum absolute atomic E-state index is 12.2. The van der Waals surface area contributed by atoms with Gasteiger partial charge in [-0.05, 0) is 18.6 Å². The van der Waals surface area contributed by atoms with Crippen molar-refractivity contribution in [3.8, 4) is 5.69 Å². The Hall–Kier alpha value is -2.96. The third-order valence-corrected chi connectivity index (χ3v) is 3.42. The Bertz CT molecular complexity index is 882. The highest BCUT2D eigenvalue weighted by molar-refractivity contribution is 5.76. The van der Waals surface area contributed by atoms with E-state index in [4.69, 9.17) is 0 Å². The van der Waals surface area contributed by atoms with Crippen molar-refractivity contribution in [2.75, 3.05) is 0 Å². The predicted octanol–water partition coefficient (Wildman–Crippen LogP) is 1.53. The molecule has 3 aromatic rings. The number of fused-ring (bicyclic) bond motifs is 1. The summed E-state index contributed by atoms with van der Waals surface area (Å²) in [4.78, 5) is 30.8. The van der Waals surface area contributed by atoms with Crippen molar-refractivity contribution in [3.63, 3.8) is 0 Å². The van der Waals surface area contributed by atoms with Crippen LogP contribution in [0.15, 0.2) is 41.3 Å². The van der Waals surface area contributed by atoms with Gasteiger partial charge in [-0.3, -0.25) is 9.59 Å². The summed E-state index contributed by atoms with van der Waals surface area (Å²) in [5.74, 6) is 0.344. The van der Waals surface area contributed by atoms with E-state index in [0.29, 0.717) is 23.3 Å². The molecule has 0 aliphatic rings. The zero-order chi connectivity index (χ0) is 16.2. The van der Waals surface area contributed by atoms with Crippen LogP contribution < -0.4 is 10.9 Å². The molecular weight excluding hydrogens is 294 g/mol. The largest absolute Gasteiger partial charge is 0.349 e. The fourth-order valence-electron chi connectivity index (χ4n) is 2.30. The van der Waals surface area contributed by atoms with Crippen molar-refractivity contribution < 1.29 is 4.79 Å². The Morgan fingerprint density at radius 3 is 2.83 bits per heavy atom. The Labute approximate surface area is 132 Å². The number of nitrogens with one attached hydrogen (secondary N) is 2. The van der Waals surface area contributed by atoms with Crippen molar-refractivity contribution in [2.45, 2.75) is 26.3 Å². The second kappa shape index (κ2) is 6.43. The van der Waals surface area contributed by atoms with Crippen LogP contribution in [0.5, 0.6) is 0 Å². The molecule has 7 heteroatoms. The number of H-pyrrole nitrogens is 1. The Kier molecular flexibility index (Phi) is 4.18. The van der Waals surface area contributed by atoms with Crippen molar-refractivity contribution in [2.24, 2.45) is 0 Å². The number of nitrogens with zero attached hydrogens (tertiary/aromatic N) is 3. The quantitative estimate of drug-likeness (QED) is 0.747. The summed E-state index contributed by atoms with van der Waals surface area (Å²) in [6.45, 7) is 2.12. The lowest BCUT2D eigenvalue weighted by atomic mass is 10.3. The first-order valence-electron chi connectivity index (χ1n) is 7.48. The summed E-state index contributed by atoms with van der Waals surface area (Å²) >= 11 is 0. The normalized spacial score (nSPS) is 10.8. The van der Waals surface area contributed by atoms with Crippen LogP contribution in [0.4, 0.5) is 0 Å². The number of hydrogen-bond acceptors (Lipinski definition) is 4. The lowest BCUT2D eigenvalue weighted by Gasteiger charge is -2.06. The maximum atomic E-state index is 12.2. The van der Waals surface area contributed by atoms with Crippen molar-refractivity contribution in [1.82, 2.24) is 25.1 Å². The van der Waals surface area contributed by atoms with E-state index in [1.165, 1.54) is 6.20 Å². The van der Waals surface area contributed by atoms with Crippen LogP contribution in [0.3, 0.4) is 0 Å². The molecule has 3 rings (SSSR count). The standard InChI is InChI=1S/C16H17N5O2/c1-2-6-14(22)17-10-13-19-15-12(16(23)20-13)9-18-21(15)11-7-4-3-5-8-11/h3-5,7-9H,2,6,10H2,1H3,(H,17,22)(H,19,20,23). The van der Waals surface area contributed by atoms with Crippen LogP contribution in [-0.4, -0.2) is 25.7 Å². The van der Waals surface area contributed by atoms with Gasteiger partial charge in [0.25, 0.3) is 5.56 Å². The van der Waals surface area contributed by atoms with E-state index in [9.17, 15) is 9.59 Å². The SMILES string of the molecule is CCCC(=O)NCc1nc2c(cnn2-c2ccccc2)c(=O)[nH]1. The molecule has 7 nitrogen and oxygen atoms in total. The zero-order valence-corrected chi connectivity index (χ0v) is 12.7. The van der Waals surface area contributed by atoms with E-state index >= 15 is 0 Å². The number of para-hydroxylation sites is 1. The van der Waals surface area contributed by atoms with Crippen molar-refractivity contribution in [3.05, 3.63) is 52.7 Å². The molecule has 0 saturated heterocycles. The highest BCUT2D eigenvalue weighted by atomic mass is 16.1. The molecule has 1 aromatic carbocycles. The molecule has 0 radical (unpaired) electrons. The second-order valence-electron chi connectivity index (χ2n) is 5.17. The van der Waals surface area contributed by atoms with Crippen LogP contribution in [0.2, 0.25) is 0 Å². The van der Waals surface area contributed by atoms with E-state index in [1.807, 2.05) is 37.3 Å². The zero-order valence-electron chi connectivity index (χ0n) is 12.7. The number of hydrogen-bond donors (Lipinski definition) is 2. The minimum atomic E-state index is -0.267. The summed E-state index contributed by atoms with van der Waals surface area (Å²) in [5, 5.41) is 7.40. The highest BCUT2D eigenvalue weighted by Crippen LogP contribution is 2.13.